The van der Waals surface area contributed by atoms with E-state index in [2.05, 4.69) is 27.0 Å². The number of benzene rings is 1. The van der Waals surface area contributed by atoms with E-state index in [9.17, 15) is 4.79 Å². The summed E-state index contributed by atoms with van der Waals surface area (Å²) < 4.78 is 10.3. The minimum Gasteiger partial charge on any atom is -0.497 e. The molecule has 4 rings (SSSR count). The predicted molar refractivity (Wildman–Crippen MR) is 109 cm³/mol. The van der Waals surface area contributed by atoms with E-state index < -0.39 is 0 Å². The molecule has 0 bridgehead atoms. The molecule has 154 valence electrons. The van der Waals surface area contributed by atoms with Crippen molar-refractivity contribution >= 4 is 5.91 Å². The summed E-state index contributed by atoms with van der Waals surface area (Å²) in [6.07, 6.45) is 6.48. The second kappa shape index (κ2) is 8.37. The van der Waals surface area contributed by atoms with Crippen molar-refractivity contribution in [3.05, 3.63) is 47.8 Å². The molecular weight excluding hydrogens is 368 g/mol. The Morgan fingerprint density at radius 3 is 2.69 bits per heavy atom. The summed E-state index contributed by atoms with van der Waals surface area (Å²) in [7, 11) is 3.22. The number of nitrogens with zero attached hydrogens (tertiary/aromatic N) is 4. The summed E-state index contributed by atoms with van der Waals surface area (Å²) in [4.78, 5) is 25.5. The Hall–Kier alpha value is -2.67. The van der Waals surface area contributed by atoms with Gasteiger partial charge in [-0.3, -0.25) is 9.69 Å². The number of hydrogen-bond acceptors (Lipinski definition) is 6. The standard InChI is InChI=1S/C22H28N4O3/c1-28-19-6-3-5-17(11-19)14-25-9-4-7-22(15-25)8-10-26(16-22)20(27)18-12-23-21(29-2)24-13-18/h3,5-6,11-13H,4,7-10,14-16H2,1-2H3. The molecule has 2 aliphatic rings. The van der Waals surface area contributed by atoms with Crippen LogP contribution in [0.3, 0.4) is 0 Å². The average molecular weight is 396 g/mol. The van der Waals surface area contributed by atoms with Crippen LogP contribution in [0.5, 0.6) is 11.8 Å². The van der Waals surface area contributed by atoms with Crippen LogP contribution in [0.1, 0.15) is 35.2 Å². The third-order valence-corrected chi connectivity index (χ3v) is 6.06. The Labute approximate surface area is 171 Å². The second-order valence-corrected chi connectivity index (χ2v) is 8.10. The van der Waals surface area contributed by atoms with E-state index in [-0.39, 0.29) is 17.3 Å². The highest BCUT2D eigenvalue weighted by atomic mass is 16.5. The fourth-order valence-corrected chi connectivity index (χ4v) is 4.63. The molecule has 2 fully saturated rings. The van der Waals surface area contributed by atoms with Crippen LogP contribution < -0.4 is 9.47 Å². The molecule has 2 aromatic rings. The van der Waals surface area contributed by atoms with Gasteiger partial charge in [-0.25, -0.2) is 9.97 Å². The molecule has 29 heavy (non-hydrogen) atoms. The van der Waals surface area contributed by atoms with Crippen LogP contribution in [-0.2, 0) is 6.54 Å². The third kappa shape index (κ3) is 4.34. The van der Waals surface area contributed by atoms with Gasteiger partial charge in [0.1, 0.15) is 5.75 Å². The predicted octanol–water partition coefficient (Wildman–Crippen LogP) is 2.62. The smallest absolute Gasteiger partial charge is 0.316 e. The Morgan fingerprint density at radius 2 is 1.93 bits per heavy atom. The van der Waals surface area contributed by atoms with Crippen LogP contribution in [0.2, 0.25) is 0 Å². The van der Waals surface area contributed by atoms with Crippen LogP contribution in [0, 0.1) is 5.41 Å². The molecular formula is C22H28N4O3. The molecule has 0 radical (unpaired) electrons. The van der Waals surface area contributed by atoms with Gasteiger partial charge in [0.15, 0.2) is 0 Å². The Kier molecular flexibility index (Phi) is 5.67. The van der Waals surface area contributed by atoms with Gasteiger partial charge < -0.3 is 14.4 Å². The van der Waals surface area contributed by atoms with Gasteiger partial charge in [0.2, 0.25) is 0 Å². The SMILES string of the molecule is COc1cccc(CN2CCCC3(CCN(C(=O)c4cnc(OC)nc4)C3)C2)c1. The Morgan fingerprint density at radius 1 is 1.10 bits per heavy atom. The number of aromatic nitrogens is 2. The monoisotopic (exact) mass is 396 g/mol. The normalized spacial score (nSPS) is 22.1. The van der Waals surface area contributed by atoms with Crippen molar-refractivity contribution in [3.8, 4) is 11.8 Å². The van der Waals surface area contributed by atoms with E-state index in [1.165, 1.54) is 19.1 Å². The lowest BCUT2D eigenvalue weighted by atomic mass is 9.79. The lowest BCUT2D eigenvalue weighted by Gasteiger charge is -2.40. The van der Waals surface area contributed by atoms with Crippen LogP contribution in [0.15, 0.2) is 36.7 Å². The number of rotatable bonds is 5. The molecule has 2 saturated heterocycles. The van der Waals surface area contributed by atoms with Gasteiger partial charge in [-0.15, -0.1) is 0 Å². The lowest BCUT2D eigenvalue weighted by Crippen LogP contribution is -2.45. The zero-order valence-electron chi connectivity index (χ0n) is 17.1. The first kappa shape index (κ1) is 19.6. The molecule has 1 amide bonds. The molecule has 1 spiro atoms. The maximum absolute atomic E-state index is 12.9. The van der Waals surface area contributed by atoms with E-state index >= 15 is 0 Å². The number of amides is 1. The zero-order valence-corrected chi connectivity index (χ0v) is 17.1. The first-order valence-corrected chi connectivity index (χ1v) is 10.1. The van der Waals surface area contributed by atoms with Gasteiger partial charge in [0.05, 0.1) is 19.8 Å². The van der Waals surface area contributed by atoms with Gasteiger partial charge >= 0.3 is 6.01 Å². The minimum absolute atomic E-state index is 0.00875. The Balaban J connectivity index is 1.40. The molecule has 3 heterocycles. The van der Waals surface area contributed by atoms with E-state index in [4.69, 9.17) is 9.47 Å². The number of methoxy groups -OCH3 is 2. The molecule has 7 nitrogen and oxygen atoms in total. The van der Waals surface area contributed by atoms with Crippen molar-refractivity contribution in [3.63, 3.8) is 0 Å². The zero-order chi connectivity index (χ0) is 20.3. The minimum atomic E-state index is 0.00875. The van der Waals surface area contributed by atoms with Crippen LogP contribution in [0.4, 0.5) is 0 Å². The van der Waals surface area contributed by atoms with E-state index in [1.54, 1.807) is 19.5 Å². The first-order valence-electron chi connectivity index (χ1n) is 10.1. The highest BCUT2D eigenvalue weighted by molar-refractivity contribution is 5.93. The quantitative estimate of drug-likeness (QED) is 0.774. The topological polar surface area (TPSA) is 67.8 Å². The number of piperidine rings is 1. The molecule has 7 heteroatoms. The summed E-state index contributed by atoms with van der Waals surface area (Å²) in [5.41, 5.74) is 1.97. The highest BCUT2D eigenvalue weighted by Crippen LogP contribution is 2.39. The number of likely N-dealkylation sites (tertiary alicyclic amines) is 2. The lowest BCUT2D eigenvalue weighted by molar-refractivity contribution is 0.0674. The fraction of sp³-hybridized carbons (Fsp3) is 0.500. The van der Waals surface area contributed by atoms with Gasteiger partial charge in [0, 0.05) is 44.0 Å². The molecule has 1 atom stereocenters. The number of carbonyl (C=O) groups excluding carboxylic acids is 1. The molecule has 1 aromatic heterocycles. The maximum Gasteiger partial charge on any atom is 0.316 e. The highest BCUT2D eigenvalue weighted by Gasteiger charge is 2.42. The summed E-state index contributed by atoms with van der Waals surface area (Å²) in [5, 5.41) is 0. The number of hydrogen-bond donors (Lipinski definition) is 0. The van der Waals surface area contributed by atoms with E-state index in [0.29, 0.717) is 5.56 Å². The van der Waals surface area contributed by atoms with Crippen LogP contribution in [-0.4, -0.2) is 66.1 Å². The molecule has 2 aliphatic heterocycles. The molecule has 0 aliphatic carbocycles. The average Bonchev–Trinajstić information content (AvgIpc) is 3.16. The van der Waals surface area contributed by atoms with Gasteiger partial charge in [-0.05, 0) is 43.5 Å². The Bertz CT molecular complexity index is 857. The number of carbonyl (C=O) groups is 1. The van der Waals surface area contributed by atoms with Gasteiger partial charge in [-0.2, -0.15) is 0 Å². The first-order chi connectivity index (χ1) is 14.1. The van der Waals surface area contributed by atoms with E-state index in [1.807, 2.05) is 17.0 Å². The molecule has 0 saturated carbocycles. The third-order valence-electron chi connectivity index (χ3n) is 6.06. The van der Waals surface area contributed by atoms with Crippen molar-refractivity contribution in [1.29, 1.82) is 0 Å². The summed E-state index contributed by atoms with van der Waals surface area (Å²) in [6, 6.07) is 8.55. The van der Waals surface area contributed by atoms with Crippen molar-refractivity contribution in [2.24, 2.45) is 5.41 Å². The molecule has 0 N–H and O–H groups in total. The molecule has 1 aromatic carbocycles. The van der Waals surface area contributed by atoms with Crippen LogP contribution >= 0.6 is 0 Å². The van der Waals surface area contributed by atoms with Crippen molar-refractivity contribution in [1.82, 2.24) is 19.8 Å². The second-order valence-electron chi connectivity index (χ2n) is 8.10. The van der Waals surface area contributed by atoms with Crippen molar-refractivity contribution < 1.29 is 14.3 Å². The molecule has 1 unspecified atom stereocenters. The summed E-state index contributed by atoms with van der Waals surface area (Å²) >= 11 is 0. The van der Waals surface area contributed by atoms with Crippen molar-refractivity contribution in [2.45, 2.75) is 25.8 Å². The summed E-state index contributed by atoms with van der Waals surface area (Å²) in [5.74, 6) is 0.906. The van der Waals surface area contributed by atoms with Crippen LogP contribution in [0.25, 0.3) is 0 Å². The van der Waals surface area contributed by atoms with Gasteiger partial charge in [0.25, 0.3) is 5.91 Å². The summed E-state index contributed by atoms with van der Waals surface area (Å²) in [6.45, 7) is 4.62. The van der Waals surface area contributed by atoms with E-state index in [0.717, 1.165) is 51.3 Å². The van der Waals surface area contributed by atoms with Gasteiger partial charge in [-0.1, -0.05) is 12.1 Å². The maximum atomic E-state index is 12.9. The largest absolute Gasteiger partial charge is 0.497 e. The number of ether oxygens (including phenoxy) is 2. The van der Waals surface area contributed by atoms with Crippen molar-refractivity contribution in [2.75, 3.05) is 40.4 Å². The fourth-order valence-electron chi connectivity index (χ4n) is 4.63.